The summed E-state index contributed by atoms with van der Waals surface area (Å²) in [7, 11) is 0. The van der Waals surface area contributed by atoms with Crippen molar-refractivity contribution in [2.45, 2.75) is 38.5 Å². The molecule has 0 fully saturated rings. The molecular weight excluding hydrogens is 160 g/mol. The number of aliphatic hydroxyl groups is 1. The van der Waals surface area contributed by atoms with E-state index in [-0.39, 0.29) is 11.7 Å². The molecule has 0 radical (unpaired) electrons. The van der Waals surface area contributed by atoms with Gasteiger partial charge in [-0.05, 0) is 12.8 Å². The molecule has 66 valence electrons. The number of hydrogen-bond donors (Lipinski definition) is 2. The van der Waals surface area contributed by atoms with E-state index in [1.807, 2.05) is 0 Å². The Morgan fingerprint density at radius 3 is 2.18 bits per heavy atom. The van der Waals surface area contributed by atoms with Crippen molar-refractivity contribution < 1.29 is 9.90 Å². The predicted octanol–water partition coefficient (Wildman–Crippen LogP) is 1.78. The first-order chi connectivity index (χ1) is 5.27. The van der Waals surface area contributed by atoms with Gasteiger partial charge in [0.05, 0.1) is 0 Å². The molecule has 0 spiro atoms. The molecule has 1 N–H and O–H groups in total. The molecule has 0 amide bonds. The average Bonchev–Trinajstić information content (AvgIpc) is 1.96. The highest BCUT2D eigenvalue weighted by Gasteiger charge is 1.93. The largest absolute Gasteiger partial charge is 0.396 e. The number of thiol groups is 1. The van der Waals surface area contributed by atoms with Crippen molar-refractivity contribution in [3.05, 3.63) is 0 Å². The first kappa shape index (κ1) is 11.0. The van der Waals surface area contributed by atoms with Crippen LogP contribution in [0.5, 0.6) is 0 Å². The van der Waals surface area contributed by atoms with Gasteiger partial charge in [0.15, 0.2) is 5.12 Å². The summed E-state index contributed by atoms with van der Waals surface area (Å²) in [6, 6.07) is 0. The van der Waals surface area contributed by atoms with Gasteiger partial charge in [-0.15, -0.1) is 12.6 Å². The zero-order chi connectivity index (χ0) is 8.53. The van der Waals surface area contributed by atoms with E-state index in [9.17, 15) is 4.79 Å². The van der Waals surface area contributed by atoms with Gasteiger partial charge in [0.1, 0.15) is 0 Å². The number of carbonyl (C=O) groups excluding carboxylic acids is 1. The lowest BCUT2D eigenvalue weighted by molar-refractivity contribution is -0.110. The number of rotatable bonds is 7. The molecule has 0 aromatic heterocycles. The molecule has 0 aromatic rings. The van der Waals surface area contributed by atoms with Crippen molar-refractivity contribution in [1.29, 1.82) is 0 Å². The van der Waals surface area contributed by atoms with Crippen molar-refractivity contribution in [2.75, 3.05) is 6.61 Å². The van der Waals surface area contributed by atoms with Crippen LogP contribution in [-0.2, 0) is 4.79 Å². The van der Waals surface area contributed by atoms with Crippen LogP contribution in [0.4, 0.5) is 0 Å². The molecule has 0 heterocycles. The molecule has 0 saturated heterocycles. The summed E-state index contributed by atoms with van der Waals surface area (Å²) in [6.07, 6.45) is 5.66. The fraction of sp³-hybridized carbons (Fsp3) is 0.875. The van der Waals surface area contributed by atoms with Crippen LogP contribution in [0.25, 0.3) is 0 Å². The molecule has 0 aromatic carbocycles. The second-order valence-electron chi connectivity index (χ2n) is 2.64. The molecule has 3 heteroatoms. The van der Waals surface area contributed by atoms with Crippen molar-refractivity contribution >= 4 is 17.7 Å². The minimum atomic E-state index is -0.0211. The Balaban J connectivity index is 2.85. The minimum Gasteiger partial charge on any atom is -0.396 e. The van der Waals surface area contributed by atoms with E-state index in [0.717, 1.165) is 32.1 Å². The van der Waals surface area contributed by atoms with Crippen molar-refractivity contribution in [3.63, 3.8) is 0 Å². The Hall–Kier alpha value is -0.0200. The summed E-state index contributed by atoms with van der Waals surface area (Å²) in [4.78, 5) is 10.4. The Kier molecular flexibility index (Phi) is 8.07. The van der Waals surface area contributed by atoms with Crippen LogP contribution >= 0.6 is 12.6 Å². The smallest absolute Gasteiger partial charge is 0.185 e. The SMILES string of the molecule is O=C(S)CCCCCCCO. The van der Waals surface area contributed by atoms with E-state index < -0.39 is 0 Å². The van der Waals surface area contributed by atoms with Gasteiger partial charge in [0.2, 0.25) is 0 Å². The van der Waals surface area contributed by atoms with Crippen LogP contribution in [0, 0.1) is 0 Å². The number of carbonyl (C=O) groups is 1. The monoisotopic (exact) mass is 176 g/mol. The Morgan fingerprint density at radius 2 is 1.64 bits per heavy atom. The van der Waals surface area contributed by atoms with E-state index in [2.05, 4.69) is 12.6 Å². The molecule has 0 unspecified atom stereocenters. The molecule has 0 atom stereocenters. The van der Waals surface area contributed by atoms with Gasteiger partial charge in [-0.3, -0.25) is 4.79 Å². The fourth-order valence-electron chi connectivity index (χ4n) is 0.918. The third-order valence-electron chi connectivity index (χ3n) is 1.55. The van der Waals surface area contributed by atoms with Gasteiger partial charge in [-0.25, -0.2) is 0 Å². The summed E-state index contributed by atoms with van der Waals surface area (Å²) in [5.74, 6) is 0. The third-order valence-corrected chi connectivity index (χ3v) is 1.77. The summed E-state index contributed by atoms with van der Waals surface area (Å²) in [6.45, 7) is 0.283. The van der Waals surface area contributed by atoms with Crippen molar-refractivity contribution in [2.24, 2.45) is 0 Å². The summed E-state index contributed by atoms with van der Waals surface area (Å²) < 4.78 is 0. The van der Waals surface area contributed by atoms with Gasteiger partial charge < -0.3 is 5.11 Å². The second kappa shape index (κ2) is 8.08. The standard InChI is InChI=1S/C8H16O2S/c9-7-5-3-1-2-4-6-8(10)11/h9H,1-7H2,(H,10,11). The molecule has 0 aliphatic rings. The van der Waals surface area contributed by atoms with Gasteiger partial charge >= 0.3 is 0 Å². The van der Waals surface area contributed by atoms with Crippen LogP contribution in [0.1, 0.15) is 38.5 Å². The first-order valence-electron chi connectivity index (χ1n) is 4.10. The Labute approximate surface area is 73.4 Å². The van der Waals surface area contributed by atoms with Crippen LogP contribution in [-0.4, -0.2) is 16.8 Å². The highest BCUT2D eigenvalue weighted by molar-refractivity contribution is 7.96. The highest BCUT2D eigenvalue weighted by atomic mass is 32.1. The maximum atomic E-state index is 10.4. The highest BCUT2D eigenvalue weighted by Crippen LogP contribution is 2.05. The lowest BCUT2D eigenvalue weighted by Crippen LogP contribution is -1.87. The maximum Gasteiger partial charge on any atom is 0.185 e. The van der Waals surface area contributed by atoms with Crippen LogP contribution in [0.3, 0.4) is 0 Å². The predicted molar refractivity (Wildman–Crippen MR) is 48.8 cm³/mol. The zero-order valence-electron chi connectivity index (χ0n) is 6.75. The summed E-state index contributed by atoms with van der Waals surface area (Å²) in [5.41, 5.74) is 0. The van der Waals surface area contributed by atoms with Crippen LogP contribution in [0.2, 0.25) is 0 Å². The molecule has 11 heavy (non-hydrogen) atoms. The maximum absolute atomic E-state index is 10.4. The zero-order valence-corrected chi connectivity index (χ0v) is 7.65. The molecular formula is C8H16O2S. The van der Waals surface area contributed by atoms with Gasteiger partial charge in [-0.2, -0.15) is 0 Å². The van der Waals surface area contributed by atoms with E-state index in [1.165, 1.54) is 0 Å². The third kappa shape index (κ3) is 9.98. The normalized spacial score (nSPS) is 10.0. The lowest BCUT2D eigenvalue weighted by atomic mass is 10.1. The van der Waals surface area contributed by atoms with Crippen LogP contribution < -0.4 is 0 Å². The van der Waals surface area contributed by atoms with Crippen molar-refractivity contribution in [1.82, 2.24) is 0 Å². The van der Waals surface area contributed by atoms with E-state index >= 15 is 0 Å². The first-order valence-corrected chi connectivity index (χ1v) is 4.54. The molecule has 0 saturated carbocycles. The van der Waals surface area contributed by atoms with Crippen molar-refractivity contribution in [3.8, 4) is 0 Å². The molecule has 0 aliphatic heterocycles. The van der Waals surface area contributed by atoms with E-state index in [4.69, 9.17) is 5.11 Å². The average molecular weight is 176 g/mol. The Morgan fingerprint density at radius 1 is 1.09 bits per heavy atom. The number of aliphatic hydroxyl groups excluding tert-OH is 1. The van der Waals surface area contributed by atoms with E-state index in [0.29, 0.717) is 6.42 Å². The lowest BCUT2D eigenvalue weighted by Gasteiger charge is -1.97. The van der Waals surface area contributed by atoms with E-state index in [1.54, 1.807) is 0 Å². The topological polar surface area (TPSA) is 37.3 Å². The van der Waals surface area contributed by atoms with Crippen LogP contribution in [0.15, 0.2) is 0 Å². The molecule has 0 aliphatic carbocycles. The summed E-state index contributed by atoms with van der Waals surface area (Å²) in [5, 5.41) is 8.42. The number of unbranched alkanes of at least 4 members (excludes halogenated alkanes) is 4. The van der Waals surface area contributed by atoms with Gasteiger partial charge in [0, 0.05) is 13.0 Å². The quantitative estimate of drug-likeness (QED) is 0.458. The van der Waals surface area contributed by atoms with Gasteiger partial charge in [0.25, 0.3) is 0 Å². The van der Waals surface area contributed by atoms with Gasteiger partial charge in [-0.1, -0.05) is 19.3 Å². The Bertz CT molecular complexity index is 104. The molecule has 0 rings (SSSR count). The molecule has 2 nitrogen and oxygen atoms in total. The number of hydrogen-bond acceptors (Lipinski definition) is 2. The fourth-order valence-corrected chi connectivity index (χ4v) is 1.08. The summed E-state index contributed by atoms with van der Waals surface area (Å²) >= 11 is 3.66. The molecule has 0 bridgehead atoms. The second-order valence-corrected chi connectivity index (χ2v) is 3.13. The minimum absolute atomic E-state index is 0.0211.